The zero-order chi connectivity index (χ0) is 19.4. The molecule has 0 atom stereocenters. The molecule has 0 aromatic rings. The van der Waals surface area contributed by atoms with Gasteiger partial charge in [0, 0.05) is 6.61 Å². The number of hydrogen-bond donors (Lipinski definition) is 0. The molecule has 2 aliphatic rings. The fourth-order valence-electron chi connectivity index (χ4n) is 6.09. The van der Waals surface area contributed by atoms with E-state index in [0.29, 0.717) is 0 Å². The number of unbranched alkanes of at least 4 members (excludes halogenated alkanes) is 6. The van der Waals surface area contributed by atoms with Crippen LogP contribution in [0, 0.1) is 17.8 Å². The molecule has 0 N–H and O–H groups in total. The Bertz CT molecular complexity index is 347. The van der Waals surface area contributed by atoms with Gasteiger partial charge < -0.3 is 4.74 Å². The molecule has 0 aliphatic heterocycles. The molecule has 2 fully saturated rings. The van der Waals surface area contributed by atoms with E-state index < -0.39 is 0 Å². The highest BCUT2D eigenvalue weighted by molar-refractivity contribution is 4.90. The quantitative estimate of drug-likeness (QED) is 0.291. The first kappa shape index (κ1) is 23.2. The summed E-state index contributed by atoms with van der Waals surface area (Å²) >= 11 is 0. The van der Waals surface area contributed by atoms with Gasteiger partial charge in [-0.25, -0.2) is 0 Å². The summed E-state index contributed by atoms with van der Waals surface area (Å²) < 4.78 is 6.38. The second kappa shape index (κ2) is 13.2. The Hall–Kier alpha value is -0.0400. The van der Waals surface area contributed by atoms with Crippen LogP contribution in [0.5, 0.6) is 0 Å². The Morgan fingerprint density at radius 3 is 1.89 bits per heavy atom. The Morgan fingerprint density at radius 2 is 1.26 bits per heavy atom. The SMILES string of the molecule is CCCCCCC[C@]1(OCC)CC[C@@H](C2CCC(CCCCC)CC2)CC1. The molecule has 0 aromatic heterocycles. The van der Waals surface area contributed by atoms with E-state index in [9.17, 15) is 0 Å². The summed E-state index contributed by atoms with van der Waals surface area (Å²) in [5, 5.41) is 0. The van der Waals surface area contributed by atoms with Crippen molar-refractivity contribution in [2.24, 2.45) is 17.8 Å². The van der Waals surface area contributed by atoms with Crippen molar-refractivity contribution in [3.8, 4) is 0 Å². The van der Waals surface area contributed by atoms with Gasteiger partial charge in [0.2, 0.25) is 0 Å². The van der Waals surface area contributed by atoms with E-state index in [-0.39, 0.29) is 5.60 Å². The smallest absolute Gasteiger partial charge is 0.0682 e. The Morgan fingerprint density at radius 1 is 0.667 bits per heavy atom. The molecule has 0 unspecified atom stereocenters. The van der Waals surface area contributed by atoms with Crippen LogP contribution in [0.25, 0.3) is 0 Å². The van der Waals surface area contributed by atoms with Gasteiger partial charge in [-0.2, -0.15) is 0 Å². The monoisotopic (exact) mass is 378 g/mol. The number of hydrogen-bond acceptors (Lipinski definition) is 1. The highest BCUT2D eigenvalue weighted by atomic mass is 16.5. The molecule has 1 nitrogen and oxygen atoms in total. The maximum absolute atomic E-state index is 6.38. The Kier molecular flexibility index (Phi) is 11.4. The molecular weight excluding hydrogens is 328 g/mol. The lowest BCUT2D eigenvalue weighted by Gasteiger charge is -2.44. The Labute approximate surface area is 171 Å². The van der Waals surface area contributed by atoms with Gasteiger partial charge in [-0.15, -0.1) is 0 Å². The molecule has 0 radical (unpaired) electrons. The van der Waals surface area contributed by atoms with Crippen molar-refractivity contribution in [2.75, 3.05) is 6.61 Å². The lowest BCUT2D eigenvalue weighted by Crippen LogP contribution is -2.39. The van der Waals surface area contributed by atoms with Crippen molar-refractivity contribution in [3.05, 3.63) is 0 Å². The van der Waals surface area contributed by atoms with Gasteiger partial charge in [-0.05, 0) is 69.6 Å². The van der Waals surface area contributed by atoms with Gasteiger partial charge in [0.15, 0.2) is 0 Å². The van der Waals surface area contributed by atoms with Crippen LogP contribution in [0.1, 0.15) is 136 Å². The highest BCUT2D eigenvalue weighted by Crippen LogP contribution is 2.45. The summed E-state index contributed by atoms with van der Waals surface area (Å²) in [6, 6.07) is 0. The standard InChI is InChI=1S/C26H50O/c1-4-7-9-10-12-20-26(27-6-3)21-18-25(19-22-26)24-16-14-23(15-17-24)13-11-8-5-2/h23-25H,4-22H2,1-3H3/t23?,24?,25-,26+. The second-order valence-electron chi connectivity index (χ2n) is 9.89. The van der Waals surface area contributed by atoms with Gasteiger partial charge >= 0.3 is 0 Å². The minimum absolute atomic E-state index is 0.245. The maximum Gasteiger partial charge on any atom is 0.0682 e. The van der Waals surface area contributed by atoms with Crippen molar-refractivity contribution < 1.29 is 4.74 Å². The van der Waals surface area contributed by atoms with Crippen molar-refractivity contribution in [2.45, 2.75) is 142 Å². The minimum Gasteiger partial charge on any atom is -0.375 e. The Balaban J connectivity index is 1.69. The van der Waals surface area contributed by atoms with E-state index in [1.165, 1.54) is 116 Å². The predicted molar refractivity (Wildman–Crippen MR) is 119 cm³/mol. The van der Waals surface area contributed by atoms with Crippen LogP contribution in [0.4, 0.5) is 0 Å². The molecule has 2 aliphatic carbocycles. The van der Waals surface area contributed by atoms with Gasteiger partial charge in [0.05, 0.1) is 5.60 Å². The summed E-state index contributed by atoms with van der Waals surface area (Å²) in [6.45, 7) is 7.74. The third kappa shape index (κ3) is 8.08. The van der Waals surface area contributed by atoms with Gasteiger partial charge in [0.1, 0.15) is 0 Å². The minimum atomic E-state index is 0.245. The molecule has 1 heteroatoms. The summed E-state index contributed by atoms with van der Waals surface area (Å²) in [5.74, 6) is 3.11. The summed E-state index contributed by atoms with van der Waals surface area (Å²) in [5.41, 5.74) is 0.245. The van der Waals surface area contributed by atoms with Crippen LogP contribution in [0.2, 0.25) is 0 Å². The number of rotatable bonds is 13. The topological polar surface area (TPSA) is 9.23 Å². The zero-order valence-electron chi connectivity index (χ0n) is 19.1. The van der Waals surface area contributed by atoms with Crippen LogP contribution in [0.15, 0.2) is 0 Å². The molecule has 27 heavy (non-hydrogen) atoms. The third-order valence-electron chi connectivity index (χ3n) is 7.90. The first-order valence-corrected chi connectivity index (χ1v) is 12.9. The van der Waals surface area contributed by atoms with Crippen molar-refractivity contribution in [1.82, 2.24) is 0 Å². The van der Waals surface area contributed by atoms with Crippen molar-refractivity contribution >= 4 is 0 Å². The van der Waals surface area contributed by atoms with Crippen LogP contribution in [0.3, 0.4) is 0 Å². The van der Waals surface area contributed by atoms with Crippen LogP contribution >= 0.6 is 0 Å². The van der Waals surface area contributed by atoms with E-state index in [1.54, 1.807) is 0 Å². The predicted octanol–water partition coefficient (Wildman–Crippen LogP) is 8.70. The molecule has 0 bridgehead atoms. The summed E-state index contributed by atoms with van der Waals surface area (Å²) in [6.07, 6.45) is 25.8. The van der Waals surface area contributed by atoms with Crippen molar-refractivity contribution in [1.29, 1.82) is 0 Å². The highest BCUT2D eigenvalue weighted by Gasteiger charge is 2.38. The average Bonchev–Trinajstić information content (AvgIpc) is 2.70. The fourth-order valence-corrected chi connectivity index (χ4v) is 6.09. The van der Waals surface area contributed by atoms with E-state index >= 15 is 0 Å². The van der Waals surface area contributed by atoms with Crippen LogP contribution in [-0.4, -0.2) is 12.2 Å². The summed E-state index contributed by atoms with van der Waals surface area (Å²) in [7, 11) is 0. The maximum atomic E-state index is 6.38. The van der Waals surface area contributed by atoms with E-state index in [4.69, 9.17) is 4.74 Å². The first-order chi connectivity index (χ1) is 13.2. The first-order valence-electron chi connectivity index (χ1n) is 12.9. The molecule has 0 heterocycles. The molecule has 2 rings (SSSR count). The lowest BCUT2D eigenvalue weighted by molar-refractivity contribution is -0.0855. The van der Waals surface area contributed by atoms with E-state index in [2.05, 4.69) is 20.8 Å². The van der Waals surface area contributed by atoms with Crippen LogP contribution < -0.4 is 0 Å². The largest absolute Gasteiger partial charge is 0.375 e. The molecule has 0 spiro atoms. The zero-order valence-corrected chi connectivity index (χ0v) is 19.1. The normalized spacial score (nSPS) is 31.9. The molecule has 0 saturated heterocycles. The number of ether oxygens (including phenoxy) is 1. The van der Waals surface area contributed by atoms with Crippen LogP contribution in [-0.2, 0) is 4.74 Å². The van der Waals surface area contributed by atoms with Gasteiger partial charge in [-0.3, -0.25) is 0 Å². The van der Waals surface area contributed by atoms with E-state index in [1.807, 2.05) is 0 Å². The van der Waals surface area contributed by atoms with Gasteiger partial charge in [-0.1, -0.05) is 84.5 Å². The van der Waals surface area contributed by atoms with Gasteiger partial charge in [0.25, 0.3) is 0 Å². The average molecular weight is 379 g/mol. The molecule has 2 saturated carbocycles. The fraction of sp³-hybridized carbons (Fsp3) is 1.00. The molecule has 0 amide bonds. The summed E-state index contributed by atoms with van der Waals surface area (Å²) in [4.78, 5) is 0. The molecular formula is C26H50O. The third-order valence-corrected chi connectivity index (χ3v) is 7.90. The van der Waals surface area contributed by atoms with E-state index in [0.717, 1.165) is 24.4 Å². The second-order valence-corrected chi connectivity index (χ2v) is 9.89. The lowest BCUT2D eigenvalue weighted by atomic mass is 9.67. The molecule has 160 valence electrons. The molecule has 0 aromatic carbocycles. The van der Waals surface area contributed by atoms with Crippen molar-refractivity contribution in [3.63, 3.8) is 0 Å².